The molecule has 9 heteroatoms. The predicted octanol–water partition coefficient (Wildman–Crippen LogP) is 3.66. The van der Waals surface area contributed by atoms with Gasteiger partial charge in [-0.15, -0.1) is 0 Å². The van der Waals surface area contributed by atoms with Gasteiger partial charge in [-0.2, -0.15) is 5.10 Å². The van der Waals surface area contributed by atoms with Crippen molar-refractivity contribution in [1.29, 1.82) is 0 Å². The summed E-state index contributed by atoms with van der Waals surface area (Å²) < 4.78 is 42.8. The lowest BCUT2D eigenvalue weighted by Crippen LogP contribution is -2.40. The van der Waals surface area contributed by atoms with Crippen LogP contribution in [0.5, 0.6) is 0 Å². The average molecular weight is 439 g/mol. The largest absolute Gasteiger partial charge is 0.297 e. The maximum absolute atomic E-state index is 14.5. The van der Waals surface area contributed by atoms with Gasteiger partial charge in [-0.1, -0.05) is 26.0 Å². The number of rotatable bonds is 7. The van der Waals surface area contributed by atoms with E-state index in [1.165, 1.54) is 6.07 Å². The molecule has 0 bridgehead atoms. The molecule has 1 aliphatic carbocycles. The number of hydrogen-bond donors (Lipinski definition) is 0. The molecule has 0 amide bonds. The van der Waals surface area contributed by atoms with Gasteiger partial charge in [-0.25, -0.2) is 17.5 Å². The number of benzene rings is 1. The smallest absolute Gasteiger partial charge is 0.199 e. The molecule has 2 fully saturated rings. The van der Waals surface area contributed by atoms with Crippen molar-refractivity contribution in [3.05, 3.63) is 34.9 Å². The summed E-state index contributed by atoms with van der Waals surface area (Å²) >= 11 is 5.72. The van der Waals surface area contributed by atoms with Gasteiger partial charge < -0.3 is 0 Å². The van der Waals surface area contributed by atoms with Crippen LogP contribution in [0, 0.1) is 16.5 Å². The second-order valence-corrected chi connectivity index (χ2v) is 11.1. The molecule has 29 heavy (non-hydrogen) atoms. The maximum Gasteiger partial charge on any atom is 0.199 e. The third-order valence-electron chi connectivity index (χ3n) is 5.54. The molecule has 1 saturated carbocycles. The van der Waals surface area contributed by atoms with Crippen LogP contribution in [0.25, 0.3) is 11.4 Å². The van der Waals surface area contributed by atoms with Crippen LogP contribution in [-0.2, 0) is 16.5 Å². The molecular weight excluding hydrogens is 411 g/mol. The molecule has 0 radical (unpaired) electrons. The Kier molecular flexibility index (Phi) is 5.65. The van der Waals surface area contributed by atoms with E-state index in [1.807, 2.05) is 4.57 Å². The minimum absolute atomic E-state index is 0.0349. The van der Waals surface area contributed by atoms with Gasteiger partial charge >= 0.3 is 0 Å². The normalized spacial score (nSPS) is 21.3. The first-order chi connectivity index (χ1) is 13.7. The lowest BCUT2D eigenvalue weighted by molar-refractivity contribution is 0.137. The first-order valence-electron chi connectivity index (χ1n) is 10.1. The minimum Gasteiger partial charge on any atom is -0.297 e. The SMILES string of the molecule is CC(C)CN(Cn1nc(-c2ccccc2F)n(C2CC2)c1=S)C1CCS(=O)(=O)C1. The molecule has 1 aliphatic heterocycles. The Bertz CT molecular complexity index is 1060. The van der Waals surface area contributed by atoms with Crippen molar-refractivity contribution >= 4 is 22.1 Å². The van der Waals surface area contributed by atoms with Gasteiger partial charge in [0.15, 0.2) is 20.4 Å². The maximum atomic E-state index is 14.5. The Hall–Kier alpha value is -1.58. The summed E-state index contributed by atoms with van der Waals surface area (Å²) in [6, 6.07) is 6.85. The van der Waals surface area contributed by atoms with E-state index in [9.17, 15) is 12.8 Å². The number of aromatic nitrogens is 3. The Balaban J connectivity index is 1.69. The van der Waals surface area contributed by atoms with E-state index in [1.54, 1.807) is 22.9 Å². The van der Waals surface area contributed by atoms with Gasteiger partial charge in [0.25, 0.3) is 0 Å². The summed E-state index contributed by atoms with van der Waals surface area (Å²) in [6.45, 7) is 5.40. The monoisotopic (exact) mass is 438 g/mol. The summed E-state index contributed by atoms with van der Waals surface area (Å²) in [5.41, 5.74) is 0.447. The summed E-state index contributed by atoms with van der Waals surface area (Å²) in [6.07, 6.45) is 2.65. The van der Waals surface area contributed by atoms with Crippen LogP contribution in [0.4, 0.5) is 4.39 Å². The van der Waals surface area contributed by atoms with Crippen molar-refractivity contribution in [2.45, 2.75) is 51.9 Å². The highest BCUT2D eigenvalue weighted by molar-refractivity contribution is 7.91. The van der Waals surface area contributed by atoms with E-state index < -0.39 is 9.84 Å². The van der Waals surface area contributed by atoms with Gasteiger partial charge in [0.1, 0.15) is 5.82 Å². The lowest BCUT2D eigenvalue weighted by Gasteiger charge is -2.29. The number of nitrogens with zero attached hydrogens (tertiary/aromatic N) is 4. The van der Waals surface area contributed by atoms with E-state index in [-0.39, 0.29) is 29.4 Å². The molecule has 1 saturated heterocycles. The van der Waals surface area contributed by atoms with Crippen molar-refractivity contribution in [3.8, 4) is 11.4 Å². The van der Waals surface area contributed by atoms with Gasteiger partial charge in [0, 0.05) is 18.6 Å². The molecule has 2 aromatic rings. The predicted molar refractivity (Wildman–Crippen MR) is 113 cm³/mol. The van der Waals surface area contributed by atoms with Gasteiger partial charge in [-0.3, -0.25) is 9.47 Å². The van der Waals surface area contributed by atoms with Crippen LogP contribution < -0.4 is 0 Å². The average Bonchev–Trinajstić information content (AvgIpc) is 3.34. The molecule has 1 unspecified atom stereocenters. The van der Waals surface area contributed by atoms with Crippen LogP contribution in [0.2, 0.25) is 0 Å². The molecule has 158 valence electrons. The zero-order valence-corrected chi connectivity index (χ0v) is 18.4. The van der Waals surface area contributed by atoms with Crippen molar-refractivity contribution in [3.63, 3.8) is 0 Å². The fraction of sp³-hybridized carbons (Fsp3) is 0.600. The van der Waals surface area contributed by atoms with Crippen LogP contribution in [0.15, 0.2) is 24.3 Å². The summed E-state index contributed by atoms with van der Waals surface area (Å²) in [4.78, 5) is 2.17. The highest BCUT2D eigenvalue weighted by atomic mass is 32.2. The van der Waals surface area contributed by atoms with Gasteiger partial charge in [-0.05, 0) is 49.5 Å². The lowest BCUT2D eigenvalue weighted by atomic mass is 10.1. The molecular formula is C20H27FN4O2S2. The van der Waals surface area contributed by atoms with Crippen molar-refractivity contribution < 1.29 is 12.8 Å². The Morgan fingerprint density at radius 1 is 1.28 bits per heavy atom. The number of halogens is 1. The molecule has 0 spiro atoms. The molecule has 0 N–H and O–H groups in total. The van der Waals surface area contributed by atoms with E-state index >= 15 is 0 Å². The van der Waals surface area contributed by atoms with Gasteiger partial charge in [0.05, 0.1) is 23.7 Å². The second-order valence-electron chi connectivity index (χ2n) is 8.55. The summed E-state index contributed by atoms with van der Waals surface area (Å²) in [5, 5.41) is 4.70. The Morgan fingerprint density at radius 3 is 2.59 bits per heavy atom. The molecule has 1 atom stereocenters. The second kappa shape index (κ2) is 7.92. The molecule has 6 nitrogen and oxygen atoms in total. The van der Waals surface area contributed by atoms with E-state index in [0.717, 1.165) is 19.4 Å². The van der Waals surface area contributed by atoms with Crippen LogP contribution >= 0.6 is 12.2 Å². The van der Waals surface area contributed by atoms with Crippen molar-refractivity contribution in [2.24, 2.45) is 5.92 Å². The van der Waals surface area contributed by atoms with Crippen molar-refractivity contribution in [2.75, 3.05) is 18.1 Å². The Labute approximate surface area is 176 Å². The fourth-order valence-corrected chi connectivity index (χ4v) is 6.12. The standard InChI is InChI=1S/C20H27FN4O2S2/c1-14(2)11-23(16-9-10-29(26,27)12-16)13-24-20(28)25(15-7-8-15)19(22-24)17-5-3-4-6-18(17)21/h3-6,14-16H,7-13H2,1-2H3. The van der Waals surface area contributed by atoms with Crippen LogP contribution in [0.3, 0.4) is 0 Å². The fourth-order valence-electron chi connectivity index (χ4n) is 4.03. The molecule has 1 aromatic carbocycles. The number of hydrogen-bond acceptors (Lipinski definition) is 5. The molecule has 2 heterocycles. The zero-order chi connectivity index (χ0) is 20.8. The quantitative estimate of drug-likeness (QED) is 0.618. The first-order valence-corrected chi connectivity index (χ1v) is 12.4. The van der Waals surface area contributed by atoms with Crippen LogP contribution in [0.1, 0.15) is 39.2 Å². The third kappa shape index (κ3) is 4.46. The summed E-state index contributed by atoms with van der Waals surface area (Å²) in [5.74, 6) is 1.02. The highest BCUT2D eigenvalue weighted by Gasteiger charge is 2.34. The molecule has 4 rings (SSSR count). The van der Waals surface area contributed by atoms with Gasteiger partial charge in [0.2, 0.25) is 0 Å². The third-order valence-corrected chi connectivity index (χ3v) is 7.70. The highest BCUT2D eigenvalue weighted by Crippen LogP contribution is 2.39. The topological polar surface area (TPSA) is 60.1 Å². The van der Waals surface area contributed by atoms with Crippen LogP contribution in [-0.4, -0.2) is 51.8 Å². The first kappa shape index (κ1) is 20.7. The Morgan fingerprint density at radius 2 is 2.00 bits per heavy atom. The molecule has 1 aromatic heterocycles. The van der Waals surface area contributed by atoms with Crippen molar-refractivity contribution in [1.82, 2.24) is 19.2 Å². The summed E-state index contributed by atoms with van der Waals surface area (Å²) in [7, 11) is -2.99. The number of sulfone groups is 1. The zero-order valence-electron chi connectivity index (χ0n) is 16.8. The van der Waals surface area contributed by atoms with E-state index in [4.69, 9.17) is 17.3 Å². The molecule has 2 aliphatic rings. The van der Waals surface area contributed by atoms with E-state index in [0.29, 0.717) is 35.2 Å². The van der Waals surface area contributed by atoms with E-state index in [2.05, 4.69) is 18.7 Å². The minimum atomic E-state index is -2.99.